The maximum Gasteiger partial charge on any atom is 0.319 e. The second kappa shape index (κ2) is 6.92. The highest BCUT2D eigenvalue weighted by molar-refractivity contribution is 5.78. The van der Waals surface area contributed by atoms with E-state index in [0.717, 1.165) is 51.9 Å². The molecule has 1 N–H and O–H groups in total. The van der Waals surface area contributed by atoms with E-state index in [0.29, 0.717) is 12.6 Å². The topological polar surface area (TPSA) is 55.9 Å². The van der Waals surface area contributed by atoms with Crippen LogP contribution in [0.5, 0.6) is 0 Å². The molecule has 0 aromatic rings. The third-order valence-electron chi connectivity index (χ3n) is 4.15. The molecule has 0 aromatic carbocycles. The van der Waals surface area contributed by atoms with E-state index < -0.39 is 0 Å². The van der Waals surface area contributed by atoms with Gasteiger partial charge in [-0.1, -0.05) is 0 Å². The van der Waals surface area contributed by atoms with Crippen molar-refractivity contribution in [3.05, 3.63) is 0 Å². The van der Waals surface area contributed by atoms with E-state index in [-0.39, 0.29) is 11.9 Å². The van der Waals surface area contributed by atoms with Gasteiger partial charge in [0, 0.05) is 46.3 Å². The molecule has 3 amide bonds. The van der Waals surface area contributed by atoms with Crippen LogP contribution < -0.4 is 5.32 Å². The van der Waals surface area contributed by atoms with Gasteiger partial charge < -0.3 is 20.0 Å². The van der Waals surface area contributed by atoms with E-state index in [1.54, 1.807) is 19.0 Å². The molecule has 0 spiro atoms. The van der Waals surface area contributed by atoms with Crippen LogP contribution in [-0.2, 0) is 4.79 Å². The second-order valence-corrected chi connectivity index (χ2v) is 5.91. The van der Waals surface area contributed by atoms with E-state index in [9.17, 15) is 9.59 Å². The summed E-state index contributed by atoms with van der Waals surface area (Å²) in [5.41, 5.74) is 0. The highest BCUT2D eigenvalue weighted by Crippen LogP contribution is 2.12. The Bertz CT molecular complexity index is 345. The molecule has 2 saturated heterocycles. The molecule has 0 bridgehead atoms. The van der Waals surface area contributed by atoms with Gasteiger partial charge in [-0.3, -0.25) is 4.79 Å². The molecule has 0 radical (unpaired) electrons. The van der Waals surface area contributed by atoms with E-state index >= 15 is 0 Å². The van der Waals surface area contributed by atoms with Crippen LogP contribution >= 0.6 is 0 Å². The number of carbonyl (C=O) groups excluding carboxylic acids is 2. The quantitative estimate of drug-likeness (QED) is 0.812. The van der Waals surface area contributed by atoms with Crippen molar-refractivity contribution in [3.63, 3.8) is 0 Å². The van der Waals surface area contributed by atoms with Gasteiger partial charge in [-0.2, -0.15) is 0 Å². The molecular formula is C14H26N4O2. The summed E-state index contributed by atoms with van der Waals surface area (Å²) in [5, 5.41) is 3.34. The Kier molecular flexibility index (Phi) is 5.23. The highest BCUT2D eigenvalue weighted by Gasteiger charge is 2.24. The van der Waals surface area contributed by atoms with Gasteiger partial charge in [-0.15, -0.1) is 0 Å². The van der Waals surface area contributed by atoms with Crippen LogP contribution in [0.3, 0.4) is 0 Å². The van der Waals surface area contributed by atoms with Crippen LogP contribution in [-0.4, -0.2) is 79.5 Å². The number of rotatable bonds is 3. The summed E-state index contributed by atoms with van der Waals surface area (Å²) in [4.78, 5) is 29.2. The average molecular weight is 282 g/mol. The standard InChI is InChI=1S/C14H26N4O2/c1-16(2)14(20)18-9-5-12(6-10-18)15-11-13(19)17-7-3-4-8-17/h12,15H,3-11H2,1-2H3. The van der Waals surface area contributed by atoms with E-state index in [1.165, 1.54) is 0 Å². The minimum absolute atomic E-state index is 0.0802. The van der Waals surface area contributed by atoms with Crippen molar-refractivity contribution in [3.8, 4) is 0 Å². The number of amides is 3. The van der Waals surface area contributed by atoms with E-state index in [2.05, 4.69) is 5.32 Å². The van der Waals surface area contributed by atoms with Crippen LogP contribution in [0.25, 0.3) is 0 Å². The number of nitrogens with zero attached hydrogens (tertiary/aromatic N) is 3. The van der Waals surface area contributed by atoms with Gasteiger partial charge >= 0.3 is 6.03 Å². The van der Waals surface area contributed by atoms with Crippen LogP contribution in [0.1, 0.15) is 25.7 Å². The molecule has 6 heteroatoms. The predicted octanol–water partition coefficient (Wildman–Crippen LogP) is 0.344. The number of likely N-dealkylation sites (tertiary alicyclic amines) is 2. The van der Waals surface area contributed by atoms with Crippen molar-refractivity contribution in [2.75, 3.05) is 46.8 Å². The van der Waals surface area contributed by atoms with Gasteiger partial charge in [-0.25, -0.2) is 4.79 Å². The number of hydrogen-bond acceptors (Lipinski definition) is 3. The Morgan fingerprint density at radius 2 is 1.65 bits per heavy atom. The molecule has 0 saturated carbocycles. The molecule has 0 unspecified atom stereocenters. The summed E-state index contributed by atoms with van der Waals surface area (Å²) in [6.07, 6.45) is 4.12. The monoisotopic (exact) mass is 282 g/mol. The zero-order valence-electron chi connectivity index (χ0n) is 12.6. The number of piperidine rings is 1. The molecule has 0 atom stereocenters. The maximum absolute atomic E-state index is 11.9. The Hall–Kier alpha value is -1.30. The van der Waals surface area contributed by atoms with Gasteiger partial charge in [-0.05, 0) is 25.7 Å². The van der Waals surface area contributed by atoms with Gasteiger partial charge in [0.05, 0.1) is 6.54 Å². The summed E-state index contributed by atoms with van der Waals surface area (Å²) in [6, 6.07) is 0.435. The van der Waals surface area contributed by atoms with Crippen LogP contribution in [0.2, 0.25) is 0 Å². The van der Waals surface area contributed by atoms with Gasteiger partial charge in [0.25, 0.3) is 0 Å². The summed E-state index contributed by atoms with van der Waals surface area (Å²) in [6.45, 7) is 3.80. The third kappa shape index (κ3) is 3.85. The first-order chi connectivity index (χ1) is 9.58. The van der Waals surface area contributed by atoms with Crippen molar-refractivity contribution in [1.29, 1.82) is 0 Å². The van der Waals surface area contributed by atoms with E-state index in [1.807, 2.05) is 9.80 Å². The van der Waals surface area contributed by atoms with Gasteiger partial charge in [0.15, 0.2) is 0 Å². The summed E-state index contributed by atoms with van der Waals surface area (Å²) < 4.78 is 0. The lowest BCUT2D eigenvalue weighted by atomic mass is 10.1. The van der Waals surface area contributed by atoms with Crippen LogP contribution in [0.15, 0.2) is 0 Å². The fourth-order valence-corrected chi connectivity index (χ4v) is 2.87. The maximum atomic E-state index is 11.9. The minimum Gasteiger partial charge on any atom is -0.342 e. The molecular weight excluding hydrogens is 256 g/mol. The number of urea groups is 1. The van der Waals surface area contributed by atoms with Crippen molar-refractivity contribution in [1.82, 2.24) is 20.0 Å². The van der Waals surface area contributed by atoms with E-state index in [4.69, 9.17) is 0 Å². The first-order valence-corrected chi connectivity index (χ1v) is 7.55. The Balaban J connectivity index is 1.66. The van der Waals surface area contributed by atoms with Crippen molar-refractivity contribution < 1.29 is 9.59 Å². The zero-order chi connectivity index (χ0) is 14.5. The van der Waals surface area contributed by atoms with Gasteiger partial charge in [0.1, 0.15) is 0 Å². The fraction of sp³-hybridized carbons (Fsp3) is 0.857. The number of hydrogen-bond donors (Lipinski definition) is 1. The third-order valence-corrected chi connectivity index (χ3v) is 4.15. The molecule has 20 heavy (non-hydrogen) atoms. The second-order valence-electron chi connectivity index (χ2n) is 5.91. The van der Waals surface area contributed by atoms with Crippen molar-refractivity contribution in [2.45, 2.75) is 31.7 Å². The fourth-order valence-electron chi connectivity index (χ4n) is 2.87. The Morgan fingerprint density at radius 3 is 2.20 bits per heavy atom. The minimum atomic E-state index is 0.0802. The lowest BCUT2D eigenvalue weighted by molar-refractivity contribution is -0.129. The Labute approximate surface area is 121 Å². The highest BCUT2D eigenvalue weighted by atomic mass is 16.2. The predicted molar refractivity (Wildman–Crippen MR) is 77.5 cm³/mol. The van der Waals surface area contributed by atoms with Crippen molar-refractivity contribution in [2.24, 2.45) is 0 Å². The number of carbonyl (C=O) groups is 2. The summed E-state index contributed by atoms with van der Waals surface area (Å²) in [5.74, 6) is 0.217. The SMILES string of the molecule is CN(C)C(=O)N1CCC(NCC(=O)N2CCCC2)CC1. The molecule has 2 aliphatic rings. The zero-order valence-corrected chi connectivity index (χ0v) is 12.6. The van der Waals surface area contributed by atoms with Crippen LogP contribution in [0.4, 0.5) is 4.79 Å². The molecule has 2 fully saturated rings. The molecule has 0 aromatic heterocycles. The molecule has 2 heterocycles. The van der Waals surface area contributed by atoms with Crippen LogP contribution in [0, 0.1) is 0 Å². The Morgan fingerprint density at radius 1 is 1.05 bits per heavy atom. The summed E-state index contributed by atoms with van der Waals surface area (Å²) >= 11 is 0. The van der Waals surface area contributed by atoms with Crippen molar-refractivity contribution >= 4 is 11.9 Å². The summed E-state index contributed by atoms with van der Waals surface area (Å²) in [7, 11) is 3.56. The smallest absolute Gasteiger partial charge is 0.319 e. The first-order valence-electron chi connectivity index (χ1n) is 7.55. The number of nitrogens with one attached hydrogen (secondary N) is 1. The first kappa shape index (κ1) is 15.1. The normalized spacial score (nSPS) is 20.3. The molecule has 114 valence electrons. The largest absolute Gasteiger partial charge is 0.342 e. The molecule has 2 aliphatic heterocycles. The molecule has 2 rings (SSSR count). The lowest BCUT2D eigenvalue weighted by Crippen LogP contribution is -2.49. The molecule has 0 aliphatic carbocycles. The van der Waals surface area contributed by atoms with Gasteiger partial charge in [0.2, 0.25) is 5.91 Å². The average Bonchev–Trinajstić information content (AvgIpc) is 2.98. The lowest BCUT2D eigenvalue weighted by Gasteiger charge is -2.34. The molecule has 6 nitrogen and oxygen atoms in total.